The average molecular weight is 174 g/mol. The van der Waals surface area contributed by atoms with Gasteiger partial charge in [0, 0.05) is 0 Å². The number of hydrogen-bond donors (Lipinski definition) is 0. The molecule has 0 fully saturated rings. The standard InChI is InChI=1S/C3H2N4O5/c8-6(9)3(7(10)11)2-1-4-12-5-2/h1,3H. The van der Waals surface area contributed by atoms with E-state index in [1.165, 1.54) is 0 Å². The summed E-state index contributed by atoms with van der Waals surface area (Å²) in [7, 11) is 0. The number of nitro groups is 2. The van der Waals surface area contributed by atoms with E-state index in [2.05, 4.69) is 14.9 Å². The number of hydrogen-bond acceptors (Lipinski definition) is 7. The minimum absolute atomic E-state index is 0.426. The molecule has 0 bridgehead atoms. The van der Waals surface area contributed by atoms with Gasteiger partial charge in [0.1, 0.15) is 16.0 Å². The Bertz CT molecular complexity index is 280. The van der Waals surface area contributed by atoms with Crippen LogP contribution in [0.5, 0.6) is 0 Å². The fourth-order valence-electron chi connectivity index (χ4n) is 0.579. The molecular formula is C3H2N4O5. The Labute approximate surface area is 64.2 Å². The molecule has 0 saturated carbocycles. The zero-order valence-electron chi connectivity index (χ0n) is 5.48. The summed E-state index contributed by atoms with van der Waals surface area (Å²) in [6.45, 7) is 0. The molecule has 1 rings (SSSR count). The van der Waals surface area contributed by atoms with Crippen LogP contribution >= 0.6 is 0 Å². The van der Waals surface area contributed by atoms with Crippen molar-refractivity contribution in [2.45, 2.75) is 6.17 Å². The van der Waals surface area contributed by atoms with Gasteiger partial charge in [-0.3, -0.25) is 20.2 Å². The molecule has 0 radical (unpaired) electrons. The Kier molecular flexibility index (Phi) is 1.94. The summed E-state index contributed by atoms with van der Waals surface area (Å²) in [6.07, 6.45) is -1.27. The second kappa shape index (κ2) is 2.90. The molecule has 0 N–H and O–H groups in total. The lowest BCUT2D eigenvalue weighted by Crippen LogP contribution is -2.19. The SMILES string of the molecule is O=[N+]([O-])C(c1cnon1)[N+](=O)[O-]. The molecule has 9 nitrogen and oxygen atoms in total. The van der Waals surface area contributed by atoms with Gasteiger partial charge in [-0.1, -0.05) is 5.16 Å². The Morgan fingerprint density at radius 2 is 2.00 bits per heavy atom. The van der Waals surface area contributed by atoms with Crippen LogP contribution < -0.4 is 0 Å². The summed E-state index contributed by atoms with van der Waals surface area (Å²) in [5.41, 5.74) is -0.426. The maximum Gasteiger partial charge on any atom is 0.497 e. The van der Waals surface area contributed by atoms with Gasteiger partial charge in [-0.25, -0.2) is 4.63 Å². The maximum absolute atomic E-state index is 10.1. The molecule has 1 heterocycles. The summed E-state index contributed by atoms with van der Waals surface area (Å²) < 4.78 is 3.99. The van der Waals surface area contributed by atoms with Crippen LogP contribution in [-0.2, 0) is 0 Å². The molecule has 0 aromatic carbocycles. The van der Waals surface area contributed by atoms with E-state index in [0.717, 1.165) is 6.20 Å². The normalized spacial score (nSPS) is 10.1. The fourth-order valence-corrected chi connectivity index (χ4v) is 0.579. The van der Waals surface area contributed by atoms with Gasteiger partial charge in [0.05, 0.1) is 0 Å². The topological polar surface area (TPSA) is 125 Å². The molecule has 0 aliphatic rings. The van der Waals surface area contributed by atoms with Crippen molar-refractivity contribution in [2.75, 3.05) is 0 Å². The summed E-state index contributed by atoms with van der Waals surface area (Å²) in [6, 6.07) is 0. The smallest absolute Gasteiger partial charge is 0.258 e. The molecular weight excluding hydrogens is 172 g/mol. The van der Waals surface area contributed by atoms with Crippen molar-refractivity contribution in [3.8, 4) is 0 Å². The first-order chi connectivity index (χ1) is 5.63. The highest BCUT2D eigenvalue weighted by molar-refractivity contribution is 4.89. The Hall–Kier alpha value is -2.06. The first-order valence-corrected chi connectivity index (χ1v) is 2.67. The molecule has 0 atom stereocenters. The molecule has 0 spiro atoms. The van der Waals surface area contributed by atoms with Crippen molar-refractivity contribution < 1.29 is 14.5 Å². The van der Waals surface area contributed by atoms with Gasteiger partial charge in [-0.15, -0.1) is 0 Å². The maximum atomic E-state index is 10.1. The molecule has 0 aliphatic carbocycles. The zero-order chi connectivity index (χ0) is 9.14. The fraction of sp³-hybridized carbons (Fsp3) is 0.333. The van der Waals surface area contributed by atoms with Crippen molar-refractivity contribution in [1.82, 2.24) is 10.3 Å². The van der Waals surface area contributed by atoms with E-state index in [-0.39, 0.29) is 0 Å². The molecule has 1 aromatic heterocycles. The minimum atomic E-state index is -2.10. The van der Waals surface area contributed by atoms with E-state index < -0.39 is 21.7 Å². The van der Waals surface area contributed by atoms with Crippen molar-refractivity contribution in [3.63, 3.8) is 0 Å². The monoisotopic (exact) mass is 174 g/mol. The number of aromatic nitrogens is 2. The minimum Gasteiger partial charge on any atom is -0.258 e. The van der Waals surface area contributed by atoms with Gasteiger partial charge in [0.2, 0.25) is 0 Å². The van der Waals surface area contributed by atoms with Crippen molar-refractivity contribution in [2.24, 2.45) is 0 Å². The largest absolute Gasteiger partial charge is 0.497 e. The highest BCUT2D eigenvalue weighted by Gasteiger charge is 2.38. The van der Waals surface area contributed by atoms with Gasteiger partial charge < -0.3 is 0 Å². The van der Waals surface area contributed by atoms with Crippen molar-refractivity contribution >= 4 is 0 Å². The quantitative estimate of drug-likeness (QED) is 0.347. The van der Waals surface area contributed by atoms with E-state index in [1.54, 1.807) is 0 Å². The Balaban J connectivity index is 2.96. The summed E-state index contributed by atoms with van der Waals surface area (Å²) in [5, 5.41) is 26.2. The van der Waals surface area contributed by atoms with Crippen molar-refractivity contribution in [1.29, 1.82) is 0 Å². The summed E-state index contributed by atoms with van der Waals surface area (Å²) >= 11 is 0. The van der Waals surface area contributed by atoms with E-state index in [0.29, 0.717) is 0 Å². The number of nitrogens with zero attached hydrogens (tertiary/aromatic N) is 4. The number of rotatable bonds is 3. The molecule has 0 unspecified atom stereocenters. The molecule has 12 heavy (non-hydrogen) atoms. The van der Waals surface area contributed by atoms with Crippen molar-refractivity contribution in [3.05, 3.63) is 32.1 Å². The first kappa shape index (κ1) is 8.04. The van der Waals surface area contributed by atoms with Gasteiger partial charge >= 0.3 is 6.17 Å². The Morgan fingerprint density at radius 1 is 1.42 bits per heavy atom. The van der Waals surface area contributed by atoms with Crippen LogP contribution in [0.4, 0.5) is 0 Å². The zero-order valence-corrected chi connectivity index (χ0v) is 5.48. The second-order valence-electron chi connectivity index (χ2n) is 1.78. The highest BCUT2D eigenvalue weighted by atomic mass is 16.7. The average Bonchev–Trinajstić information content (AvgIpc) is 2.37. The molecule has 9 heteroatoms. The van der Waals surface area contributed by atoms with Crippen LogP contribution in [0.15, 0.2) is 10.8 Å². The van der Waals surface area contributed by atoms with Crippen LogP contribution in [0.1, 0.15) is 11.9 Å². The van der Waals surface area contributed by atoms with Crippen LogP contribution in [0, 0.1) is 20.2 Å². The van der Waals surface area contributed by atoms with Crippen LogP contribution in [0.3, 0.4) is 0 Å². The molecule has 0 saturated heterocycles. The van der Waals surface area contributed by atoms with Gasteiger partial charge in [0.25, 0.3) is 5.69 Å². The highest BCUT2D eigenvalue weighted by Crippen LogP contribution is 2.12. The van der Waals surface area contributed by atoms with Crippen LogP contribution in [0.2, 0.25) is 0 Å². The van der Waals surface area contributed by atoms with Gasteiger partial charge in [-0.2, -0.15) is 0 Å². The predicted octanol–water partition coefficient (Wildman–Crippen LogP) is -0.378. The Morgan fingerprint density at radius 3 is 2.33 bits per heavy atom. The second-order valence-corrected chi connectivity index (χ2v) is 1.78. The van der Waals surface area contributed by atoms with E-state index in [9.17, 15) is 20.2 Å². The van der Waals surface area contributed by atoms with Crippen LogP contribution in [0.25, 0.3) is 0 Å². The van der Waals surface area contributed by atoms with Gasteiger partial charge in [0.15, 0.2) is 0 Å². The lowest BCUT2D eigenvalue weighted by molar-refractivity contribution is -0.753. The third kappa shape index (κ3) is 1.33. The first-order valence-electron chi connectivity index (χ1n) is 2.67. The molecule has 64 valence electrons. The third-order valence-corrected chi connectivity index (χ3v) is 1.04. The molecule has 0 aliphatic heterocycles. The van der Waals surface area contributed by atoms with E-state index in [4.69, 9.17) is 0 Å². The van der Waals surface area contributed by atoms with Crippen LogP contribution in [-0.4, -0.2) is 20.2 Å². The third-order valence-electron chi connectivity index (χ3n) is 1.04. The van der Waals surface area contributed by atoms with Gasteiger partial charge in [-0.05, 0) is 5.16 Å². The lowest BCUT2D eigenvalue weighted by Gasteiger charge is -1.94. The molecule has 1 aromatic rings. The molecule has 0 amide bonds. The predicted molar refractivity (Wildman–Crippen MR) is 31.0 cm³/mol. The van der Waals surface area contributed by atoms with E-state index in [1.807, 2.05) is 0 Å². The lowest BCUT2D eigenvalue weighted by atomic mass is 10.4. The summed E-state index contributed by atoms with van der Waals surface area (Å²) in [5.74, 6) is 0. The summed E-state index contributed by atoms with van der Waals surface area (Å²) in [4.78, 5) is 18.0. The van der Waals surface area contributed by atoms with E-state index >= 15 is 0 Å².